The molecule has 1 aliphatic heterocycles. The number of carbonyl (C=O) groups is 1. The number of nitrogens with zero attached hydrogens (tertiary/aromatic N) is 1. The van der Waals surface area contributed by atoms with Crippen molar-refractivity contribution < 1.29 is 22.7 Å². The van der Waals surface area contributed by atoms with Crippen molar-refractivity contribution in [3.63, 3.8) is 0 Å². The van der Waals surface area contributed by atoms with Gasteiger partial charge in [-0.25, -0.2) is 0 Å². The van der Waals surface area contributed by atoms with Gasteiger partial charge < -0.3 is 19.9 Å². The molecular weight excluding hydrogens is 419 g/mol. The molecule has 170 valence electrons. The summed E-state index contributed by atoms with van der Waals surface area (Å²) in [5.74, 6) is 1.15. The number of aromatic nitrogens is 1. The van der Waals surface area contributed by atoms with Crippen molar-refractivity contribution in [2.45, 2.75) is 32.4 Å². The normalized spacial score (nSPS) is 15.2. The summed E-state index contributed by atoms with van der Waals surface area (Å²) in [7, 11) is 0. The number of H-pyrrole nitrogens is 1. The number of anilines is 2. The van der Waals surface area contributed by atoms with E-state index in [2.05, 4.69) is 15.2 Å². The molecule has 0 radical (unpaired) electrons. The molecule has 5 nitrogen and oxygen atoms in total. The Bertz CT molecular complexity index is 1070. The van der Waals surface area contributed by atoms with Crippen molar-refractivity contribution in [1.29, 1.82) is 0 Å². The summed E-state index contributed by atoms with van der Waals surface area (Å²) in [6.45, 7) is 3.72. The molecule has 2 heterocycles. The van der Waals surface area contributed by atoms with Crippen molar-refractivity contribution in [2.75, 3.05) is 29.9 Å². The van der Waals surface area contributed by atoms with Crippen molar-refractivity contribution in [1.82, 2.24) is 4.98 Å². The number of rotatable bonds is 6. The zero-order valence-electron chi connectivity index (χ0n) is 17.8. The highest BCUT2D eigenvalue weighted by Crippen LogP contribution is 2.32. The number of carbonyl (C=O) groups excluding carboxylic acids is 1. The van der Waals surface area contributed by atoms with Gasteiger partial charge in [0.2, 0.25) is 5.91 Å². The van der Waals surface area contributed by atoms with Gasteiger partial charge >= 0.3 is 6.18 Å². The van der Waals surface area contributed by atoms with E-state index in [-0.39, 0.29) is 5.91 Å². The van der Waals surface area contributed by atoms with E-state index in [4.69, 9.17) is 4.74 Å². The zero-order chi connectivity index (χ0) is 22.7. The number of ether oxygens (including phenoxy) is 1. The molecule has 0 saturated carbocycles. The fraction of sp³-hybridized carbons (Fsp3) is 0.375. The maximum atomic E-state index is 12.7. The number of piperidine rings is 1. The smallest absolute Gasteiger partial charge is 0.416 e. The summed E-state index contributed by atoms with van der Waals surface area (Å²) in [5.41, 5.74) is 1.88. The van der Waals surface area contributed by atoms with Gasteiger partial charge in [-0.05, 0) is 67.6 Å². The average Bonchev–Trinajstić information content (AvgIpc) is 3.15. The predicted molar refractivity (Wildman–Crippen MR) is 119 cm³/mol. The third-order valence-electron chi connectivity index (χ3n) is 5.93. The van der Waals surface area contributed by atoms with E-state index >= 15 is 0 Å². The van der Waals surface area contributed by atoms with E-state index in [1.807, 2.05) is 18.2 Å². The van der Waals surface area contributed by atoms with Crippen LogP contribution in [0.1, 0.15) is 31.7 Å². The Balaban J connectivity index is 1.26. The summed E-state index contributed by atoms with van der Waals surface area (Å²) in [4.78, 5) is 16.6. The molecule has 8 heteroatoms. The first-order valence-electron chi connectivity index (χ1n) is 10.7. The number of hydrogen-bond acceptors (Lipinski definition) is 3. The number of benzene rings is 2. The van der Waals surface area contributed by atoms with E-state index in [0.717, 1.165) is 72.5 Å². The third kappa shape index (κ3) is 5.18. The summed E-state index contributed by atoms with van der Waals surface area (Å²) in [6, 6.07) is 11.2. The van der Waals surface area contributed by atoms with Gasteiger partial charge in [0.1, 0.15) is 5.75 Å². The van der Waals surface area contributed by atoms with Gasteiger partial charge in [0, 0.05) is 42.8 Å². The highest BCUT2D eigenvalue weighted by molar-refractivity contribution is 6.01. The van der Waals surface area contributed by atoms with Crippen LogP contribution in [0.2, 0.25) is 0 Å². The lowest BCUT2D eigenvalue weighted by Crippen LogP contribution is -2.34. The summed E-state index contributed by atoms with van der Waals surface area (Å²) < 4.78 is 44.2. The number of aromatic amines is 1. The minimum Gasteiger partial charge on any atom is -0.494 e. The van der Waals surface area contributed by atoms with Crippen molar-refractivity contribution in [2.24, 2.45) is 5.92 Å². The van der Waals surface area contributed by atoms with Gasteiger partial charge in [-0.15, -0.1) is 0 Å². The van der Waals surface area contributed by atoms with Gasteiger partial charge in [0.25, 0.3) is 0 Å². The maximum Gasteiger partial charge on any atom is 0.416 e. The maximum absolute atomic E-state index is 12.7. The Morgan fingerprint density at radius 3 is 2.53 bits per heavy atom. The van der Waals surface area contributed by atoms with E-state index in [9.17, 15) is 18.0 Å². The Morgan fingerprint density at radius 2 is 1.88 bits per heavy atom. The van der Waals surface area contributed by atoms with Gasteiger partial charge in [0.15, 0.2) is 0 Å². The van der Waals surface area contributed by atoms with E-state index in [1.54, 1.807) is 18.3 Å². The molecule has 1 amide bonds. The molecule has 0 atom stereocenters. The van der Waals surface area contributed by atoms with Crippen LogP contribution in [0.15, 0.2) is 48.7 Å². The van der Waals surface area contributed by atoms with Crippen LogP contribution in [0.3, 0.4) is 0 Å². The lowest BCUT2D eigenvalue weighted by molar-refractivity contribution is -0.137. The Hall–Kier alpha value is -3.16. The first-order valence-corrected chi connectivity index (χ1v) is 10.7. The number of halogens is 3. The molecule has 1 aromatic heterocycles. The quantitative estimate of drug-likeness (QED) is 0.502. The molecule has 2 aromatic carbocycles. The molecular formula is C24H26F3N3O2. The van der Waals surface area contributed by atoms with Crippen LogP contribution in [0.5, 0.6) is 5.75 Å². The number of nitrogens with one attached hydrogen (secondary N) is 2. The second-order valence-corrected chi connectivity index (χ2v) is 8.20. The van der Waals surface area contributed by atoms with E-state index in [1.165, 1.54) is 6.92 Å². The van der Waals surface area contributed by atoms with E-state index < -0.39 is 11.7 Å². The third-order valence-corrected chi connectivity index (χ3v) is 5.93. The molecule has 2 N–H and O–H groups in total. The summed E-state index contributed by atoms with van der Waals surface area (Å²) >= 11 is 0. The minimum absolute atomic E-state index is 0.125. The molecule has 0 bridgehead atoms. The molecule has 1 fully saturated rings. The highest BCUT2D eigenvalue weighted by atomic mass is 19.4. The van der Waals surface area contributed by atoms with Crippen LogP contribution < -0.4 is 15.0 Å². The molecule has 1 aliphatic rings. The molecule has 4 rings (SSSR count). The van der Waals surface area contributed by atoms with E-state index in [0.29, 0.717) is 12.5 Å². The van der Waals surface area contributed by atoms with Gasteiger partial charge in [-0.1, -0.05) is 0 Å². The number of fused-ring (bicyclic) bond motifs is 1. The molecule has 32 heavy (non-hydrogen) atoms. The Labute approximate surface area is 184 Å². The Morgan fingerprint density at radius 1 is 1.16 bits per heavy atom. The molecule has 3 aromatic rings. The van der Waals surface area contributed by atoms with Crippen LogP contribution in [0, 0.1) is 5.92 Å². The van der Waals surface area contributed by atoms with Crippen LogP contribution in [0.4, 0.5) is 24.5 Å². The SMILES string of the molecule is CC(=O)Nc1c[nH]c2ccc(OCCC3CCN(c4ccc(C(F)(F)F)cc4)CC3)cc12. The van der Waals surface area contributed by atoms with Crippen molar-refractivity contribution in [3.05, 3.63) is 54.2 Å². The largest absolute Gasteiger partial charge is 0.494 e. The lowest BCUT2D eigenvalue weighted by atomic mass is 9.93. The molecule has 0 unspecified atom stereocenters. The minimum atomic E-state index is -4.30. The number of alkyl halides is 3. The van der Waals surface area contributed by atoms with Crippen molar-refractivity contribution in [3.8, 4) is 5.75 Å². The number of hydrogen-bond donors (Lipinski definition) is 2. The molecule has 0 spiro atoms. The van der Waals surface area contributed by atoms with Gasteiger partial charge in [0.05, 0.1) is 17.9 Å². The van der Waals surface area contributed by atoms with Crippen LogP contribution >= 0.6 is 0 Å². The van der Waals surface area contributed by atoms with Gasteiger partial charge in [-0.3, -0.25) is 4.79 Å². The summed E-state index contributed by atoms with van der Waals surface area (Å²) in [6.07, 6.45) is 0.343. The monoisotopic (exact) mass is 445 g/mol. The van der Waals surface area contributed by atoms with Crippen LogP contribution in [0.25, 0.3) is 10.9 Å². The fourth-order valence-corrected chi connectivity index (χ4v) is 4.17. The molecule has 0 aliphatic carbocycles. The first-order chi connectivity index (χ1) is 15.3. The second kappa shape index (κ2) is 9.14. The Kier molecular flexibility index (Phi) is 6.30. The standard InChI is InChI=1S/C24H26F3N3O2/c1-16(31)29-23-15-28-22-7-6-20(14-21(22)23)32-13-10-17-8-11-30(12-9-17)19-4-2-18(3-5-19)24(25,26)27/h2-7,14-15,17,28H,8-13H2,1H3,(H,29,31). The predicted octanol–water partition coefficient (Wildman–Crippen LogP) is 5.83. The summed E-state index contributed by atoms with van der Waals surface area (Å²) in [5, 5.41) is 3.71. The van der Waals surface area contributed by atoms with Gasteiger partial charge in [-0.2, -0.15) is 13.2 Å². The van der Waals surface area contributed by atoms with Crippen LogP contribution in [-0.2, 0) is 11.0 Å². The second-order valence-electron chi connectivity index (χ2n) is 8.20. The number of amides is 1. The first kappa shape index (κ1) is 22.0. The molecule has 1 saturated heterocycles. The van der Waals surface area contributed by atoms with Crippen LogP contribution in [-0.4, -0.2) is 30.6 Å². The van der Waals surface area contributed by atoms with Crippen molar-refractivity contribution >= 4 is 28.2 Å². The average molecular weight is 445 g/mol. The topological polar surface area (TPSA) is 57.4 Å². The zero-order valence-corrected chi connectivity index (χ0v) is 17.8. The lowest BCUT2D eigenvalue weighted by Gasteiger charge is -2.33. The highest BCUT2D eigenvalue weighted by Gasteiger charge is 2.30. The fourth-order valence-electron chi connectivity index (χ4n) is 4.17.